The number of nitrogens with one attached hydrogen (secondary N) is 1. The molecule has 0 aliphatic carbocycles. The highest BCUT2D eigenvalue weighted by Crippen LogP contribution is 2.34. The Kier molecular flexibility index (Phi) is 5.80. The van der Waals surface area contributed by atoms with E-state index in [9.17, 15) is 9.59 Å². The van der Waals surface area contributed by atoms with Gasteiger partial charge in [0.05, 0.1) is 5.56 Å². The van der Waals surface area contributed by atoms with Crippen molar-refractivity contribution in [1.82, 2.24) is 0 Å². The Hall–Kier alpha value is -3.22. The zero-order valence-corrected chi connectivity index (χ0v) is 15.4. The van der Waals surface area contributed by atoms with Crippen LogP contribution in [0.4, 0.5) is 11.4 Å². The Morgan fingerprint density at radius 2 is 1.74 bits per heavy atom. The van der Waals surface area contributed by atoms with E-state index in [0.29, 0.717) is 22.7 Å². The van der Waals surface area contributed by atoms with Gasteiger partial charge in [0.1, 0.15) is 0 Å². The molecule has 0 unspecified atom stereocenters. The number of carbonyl (C=O) groups is 2. The summed E-state index contributed by atoms with van der Waals surface area (Å²) in [5.74, 6) is 0.231. The number of carbonyl (C=O) groups excluding carboxylic acids is 2. The maximum atomic E-state index is 12.1. The third kappa shape index (κ3) is 4.49. The van der Waals surface area contributed by atoms with Crippen molar-refractivity contribution >= 4 is 23.3 Å². The lowest BCUT2D eigenvalue weighted by atomic mass is 10.2. The lowest BCUT2D eigenvalue weighted by molar-refractivity contribution is -0.119. The van der Waals surface area contributed by atoms with Gasteiger partial charge in [-0.15, -0.1) is 0 Å². The molecule has 7 nitrogen and oxygen atoms in total. The van der Waals surface area contributed by atoms with Crippen LogP contribution in [-0.4, -0.2) is 38.4 Å². The molecule has 1 aliphatic rings. The van der Waals surface area contributed by atoms with Crippen LogP contribution in [0.15, 0.2) is 42.5 Å². The first-order valence-corrected chi connectivity index (χ1v) is 8.82. The molecule has 0 spiro atoms. The second-order valence-corrected chi connectivity index (χ2v) is 5.91. The van der Waals surface area contributed by atoms with Gasteiger partial charge in [0.25, 0.3) is 5.91 Å². The number of benzene rings is 2. The molecule has 142 valence electrons. The van der Waals surface area contributed by atoms with Gasteiger partial charge in [-0.25, -0.2) is 4.79 Å². The van der Waals surface area contributed by atoms with Crippen molar-refractivity contribution in [2.75, 3.05) is 36.7 Å². The molecule has 0 saturated carbocycles. The number of ether oxygens (including phenoxy) is 3. The van der Waals surface area contributed by atoms with Crippen LogP contribution < -0.4 is 19.7 Å². The van der Waals surface area contributed by atoms with E-state index < -0.39 is 11.9 Å². The van der Waals surface area contributed by atoms with E-state index >= 15 is 0 Å². The van der Waals surface area contributed by atoms with Gasteiger partial charge in [-0.2, -0.15) is 0 Å². The molecule has 0 saturated heterocycles. The summed E-state index contributed by atoms with van der Waals surface area (Å²) in [6.07, 6.45) is 0. The van der Waals surface area contributed by atoms with E-state index in [0.717, 1.165) is 18.8 Å². The molecule has 0 aromatic heterocycles. The van der Waals surface area contributed by atoms with Crippen LogP contribution in [-0.2, 0) is 9.53 Å². The van der Waals surface area contributed by atoms with Crippen molar-refractivity contribution < 1.29 is 23.8 Å². The van der Waals surface area contributed by atoms with E-state index in [1.807, 2.05) is 12.1 Å². The molecule has 1 heterocycles. The molecule has 0 fully saturated rings. The Morgan fingerprint density at radius 3 is 2.44 bits per heavy atom. The SMILES string of the molecule is CCN(CC)c1ccc(C(=O)OCC(=O)Nc2ccc3c(c2)OCO3)cc1. The normalized spacial score (nSPS) is 11.8. The molecule has 27 heavy (non-hydrogen) atoms. The zero-order valence-electron chi connectivity index (χ0n) is 15.4. The van der Waals surface area contributed by atoms with E-state index in [1.165, 1.54) is 0 Å². The number of hydrogen-bond donors (Lipinski definition) is 1. The summed E-state index contributed by atoms with van der Waals surface area (Å²) < 4.78 is 15.6. The Balaban J connectivity index is 1.51. The van der Waals surface area contributed by atoms with Crippen LogP contribution in [0, 0.1) is 0 Å². The molecule has 1 N–H and O–H groups in total. The highest BCUT2D eigenvalue weighted by atomic mass is 16.7. The highest BCUT2D eigenvalue weighted by Gasteiger charge is 2.15. The molecular formula is C20H22N2O5. The number of esters is 1. The molecule has 2 aromatic carbocycles. The van der Waals surface area contributed by atoms with Crippen molar-refractivity contribution in [3.63, 3.8) is 0 Å². The maximum absolute atomic E-state index is 12.1. The van der Waals surface area contributed by atoms with Crippen molar-refractivity contribution in [2.24, 2.45) is 0 Å². The van der Waals surface area contributed by atoms with Gasteiger partial charge in [0.15, 0.2) is 18.1 Å². The average molecular weight is 370 g/mol. The number of hydrogen-bond acceptors (Lipinski definition) is 6. The topological polar surface area (TPSA) is 77.1 Å². The van der Waals surface area contributed by atoms with Gasteiger partial charge in [-0.05, 0) is 50.2 Å². The molecule has 0 bridgehead atoms. The predicted octanol–water partition coefficient (Wildman–Crippen LogP) is 3.06. The van der Waals surface area contributed by atoms with Crippen LogP contribution in [0.1, 0.15) is 24.2 Å². The molecule has 1 aliphatic heterocycles. The first-order valence-electron chi connectivity index (χ1n) is 8.82. The highest BCUT2D eigenvalue weighted by molar-refractivity contribution is 5.95. The fourth-order valence-corrected chi connectivity index (χ4v) is 2.78. The number of amides is 1. The predicted molar refractivity (Wildman–Crippen MR) is 101 cm³/mol. The molecule has 0 radical (unpaired) electrons. The summed E-state index contributed by atoms with van der Waals surface area (Å²) in [7, 11) is 0. The summed E-state index contributed by atoms with van der Waals surface area (Å²) in [5.41, 5.74) is 1.99. The first kappa shape index (κ1) is 18.6. The van der Waals surface area contributed by atoms with Crippen molar-refractivity contribution in [2.45, 2.75) is 13.8 Å². The average Bonchev–Trinajstić information content (AvgIpc) is 3.15. The second kappa shape index (κ2) is 8.44. The molecular weight excluding hydrogens is 348 g/mol. The monoisotopic (exact) mass is 370 g/mol. The van der Waals surface area contributed by atoms with Crippen molar-refractivity contribution in [3.8, 4) is 11.5 Å². The summed E-state index contributed by atoms with van der Waals surface area (Å²) >= 11 is 0. The van der Waals surface area contributed by atoms with Gasteiger partial charge in [-0.1, -0.05) is 0 Å². The standard InChI is InChI=1S/C20H22N2O5/c1-3-22(4-2)16-8-5-14(6-9-16)20(24)25-12-19(23)21-15-7-10-17-18(11-15)27-13-26-17/h5-11H,3-4,12-13H2,1-2H3,(H,21,23). The minimum Gasteiger partial charge on any atom is -0.454 e. The van der Waals surface area contributed by atoms with Gasteiger partial charge in [0, 0.05) is 30.5 Å². The third-order valence-electron chi connectivity index (χ3n) is 4.22. The fourth-order valence-electron chi connectivity index (χ4n) is 2.78. The van der Waals surface area contributed by atoms with E-state index in [4.69, 9.17) is 14.2 Å². The van der Waals surface area contributed by atoms with Gasteiger partial charge in [0.2, 0.25) is 6.79 Å². The molecule has 0 atom stereocenters. The molecule has 2 aromatic rings. The van der Waals surface area contributed by atoms with Crippen LogP contribution in [0.25, 0.3) is 0 Å². The summed E-state index contributed by atoms with van der Waals surface area (Å²) in [5, 5.41) is 2.66. The summed E-state index contributed by atoms with van der Waals surface area (Å²) in [6, 6.07) is 12.2. The minimum absolute atomic E-state index is 0.164. The Morgan fingerprint density at radius 1 is 1.04 bits per heavy atom. The van der Waals surface area contributed by atoms with Crippen LogP contribution in [0.2, 0.25) is 0 Å². The Labute approximate surface area is 157 Å². The number of rotatable bonds is 7. The van der Waals surface area contributed by atoms with Crippen LogP contribution >= 0.6 is 0 Å². The summed E-state index contributed by atoms with van der Waals surface area (Å²) in [6.45, 7) is 5.72. The van der Waals surface area contributed by atoms with Gasteiger partial charge < -0.3 is 24.4 Å². The lowest BCUT2D eigenvalue weighted by Gasteiger charge is -2.20. The lowest BCUT2D eigenvalue weighted by Crippen LogP contribution is -2.22. The first-order chi connectivity index (χ1) is 13.1. The third-order valence-corrected chi connectivity index (χ3v) is 4.22. The smallest absolute Gasteiger partial charge is 0.338 e. The largest absolute Gasteiger partial charge is 0.454 e. The Bertz CT molecular complexity index is 816. The van der Waals surface area contributed by atoms with Crippen molar-refractivity contribution in [1.29, 1.82) is 0 Å². The molecule has 1 amide bonds. The van der Waals surface area contributed by atoms with Crippen LogP contribution in [0.3, 0.4) is 0 Å². The van der Waals surface area contributed by atoms with E-state index in [2.05, 4.69) is 24.1 Å². The number of anilines is 2. The zero-order chi connectivity index (χ0) is 19.2. The molecule has 3 rings (SSSR count). The fraction of sp³-hybridized carbons (Fsp3) is 0.300. The minimum atomic E-state index is -0.540. The summed E-state index contributed by atoms with van der Waals surface area (Å²) in [4.78, 5) is 26.3. The van der Waals surface area contributed by atoms with Gasteiger partial charge >= 0.3 is 5.97 Å². The second-order valence-electron chi connectivity index (χ2n) is 5.91. The quantitative estimate of drug-likeness (QED) is 0.755. The van der Waals surface area contributed by atoms with E-state index in [-0.39, 0.29) is 13.4 Å². The maximum Gasteiger partial charge on any atom is 0.338 e. The van der Waals surface area contributed by atoms with Crippen LogP contribution in [0.5, 0.6) is 11.5 Å². The number of nitrogens with zero attached hydrogens (tertiary/aromatic N) is 1. The molecule has 7 heteroatoms. The van der Waals surface area contributed by atoms with Gasteiger partial charge in [-0.3, -0.25) is 4.79 Å². The number of fused-ring (bicyclic) bond motifs is 1. The van der Waals surface area contributed by atoms with E-state index in [1.54, 1.807) is 30.3 Å². The van der Waals surface area contributed by atoms with Crippen molar-refractivity contribution in [3.05, 3.63) is 48.0 Å².